The van der Waals surface area contributed by atoms with Crippen LogP contribution in [-0.2, 0) is 11.2 Å². The van der Waals surface area contributed by atoms with Crippen molar-refractivity contribution in [1.82, 2.24) is 0 Å². The number of halogens is 1. The van der Waals surface area contributed by atoms with Crippen LogP contribution >= 0.6 is 11.6 Å². The molecule has 22 heavy (non-hydrogen) atoms. The van der Waals surface area contributed by atoms with Crippen molar-refractivity contribution < 1.29 is 14.3 Å². The van der Waals surface area contributed by atoms with Crippen molar-refractivity contribution in [3.63, 3.8) is 0 Å². The highest BCUT2D eigenvalue weighted by Gasteiger charge is 2.47. The van der Waals surface area contributed by atoms with Crippen molar-refractivity contribution in [2.45, 2.75) is 64.6 Å². The Morgan fingerprint density at radius 1 is 1.14 bits per heavy atom. The summed E-state index contributed by atoms with van der Waals surface area (Å²) in [7, 11) is -2.08. The van der Waals surface area contributed by atoms with Crippen LogP contribution in [0, 0.1) is 0 Å². The predicted molar refractivity (Wildman–Crippen MR) is 94.6 cm³/mol. The molecule has 0 saturated heterocycles. The predicted octanol–water partition coefficient (Wildman–Crippen LogP) is 5.34. The number of aldehydes is 1. The van der Waals surface area contributed by atoms with E-state index < -0.39 is 8.32 Å². The molecule has 5 heteroatoms. The first-order valence-electron chi connectivity index (χ1n) is 7.80. The summed E-state index contributed by atoms with van der Waals surface area (Å²) in [6.45, 7) is 13.3. The molecule has 0 unspecified atom stereocenters. The highest BCUT2D eigenvalue weighted by molar-refractivity contribution is 6.78. The van der Waals surface area contributed by atoms with E-state index in [9.17, 15) is 9.90 Å². The molecule has 0 saturated carbocycles. The first-order valence-corrected chi connectivity index (χ1v) is 10.3. The molecule has 0 bridgehead atoms. The molecule has 0 amide bonds. The van der Waals surface area contributed by atoms with E-state index >= 15 is 0 Å². The maximum absolute atomic E-state index is 10.8. The lowest BCUT2D eigenvalue weighted by Gasteiger charge is -2.42. The summed E-state index contributed by atoms with van der Waals surface area (Å²) in [5.41, 5.74) is 1.83. The molecule has 0 atom stereocenters. The number of aromatic hydroxyl groups is 1. The summed E-state index contributed by atoms with van der Waals surface area (Å²) in [6.07, 6.45) is 0.884. The van der Waals surface area contributed by atoms with Gasteiger partial charge in [0.2, 0.25) is 0 Å². The summed E-state index contributed by atoms with van der Waals surface area (Å²) in [5, 5.41) is 10.2. The molecule has 1 aromatic carbocycles. The van der Waals surface area contributed by atoms with Crippen LogP contribution in [0.5, 0.6) is 11.5 Å². The Hall–Kier alpha value is -1.00. The van der Waals surface area contributed by atoms with Gasteiger partial charge in [-0.2, -0.15) is 0 Å². The molecule has 124 valence electrons. The zero-order valence-electron chi connectivity index (χ0n) is 14.3. The third-order valence-electron chi connectivity index (χ3n) is 4.42. The van der Waals surface area contributed by atoms with E-state index in [0.717, 1.165) is 6.29 Å². The fourth-order valence-corrected chi connectivity index (χ4v) is 8.95. The van der Waals surface area contributed by atoms with Gasteiger partial charge in [-0.05, 0) is 22.7 Å². The first kappa shape index (κ1) is 19.0. The Labute approximate surface area is 139 Å². The van der Waals surface area contributed by atoms with Gasteiger partial charge < -0.3 is 14.3 Å². The number of carbonyl (C=O) groups is 1. The van der Waals surface area contributed by atoms with Crippen LogP contribution < -0.4 is 4.43 Å². The van der Waals surface area contributed by atoms with Gasteiger partial charge in [-0.1, -0.05) is 53.1 Å². The maximum atomic E-state index is 10.8. The van der Waals surface area contributed by atoms with E-state index in [0.29, 0.717) is 27.9 Å². The Balaban J connectivity index is 3.33. The summed E-state index contributed by atoms with van der Waals surface area (Å²) >= 11 is 6.09. The molecule has 0 radical (unpaired) electrons. The fraction of sp³-hybridized carbons (Fsp3) is 0.588. The second-order valence-corrected chi connectivity index (χ2v) is 12.5. The molecule has 0 aromatic heterocycles. The SMILES string of the molecule is CC(C)[Si](Oc1cc(Cl)c(O)c(CC=O)c1)(C(C)C)C(C)C. The number of rotatable bonds is 7. The minimum absolute atomic E-state index is 0.0352. The highest BCUT2D eigenvalue weighted by atomic mass is 35.5. The summed E-state index contributed by atoms with van der Waals surface area (Å²) in [4.78, 5) is 10.8. The smallest absolute Gasteiger partial charge is 0.258 e. The fourth-order valence-electron chi connectivity index (χ4n) is 3.49. The molecule has 0 heterocycles. The number of hydrogen-bond acceptors (Lipinski definition) is 3. The summed E-state index contributed by atoms with van der Waals surface area (Å²) in [5.74, 6) is 0.620. The molecule has 1 N–H and O–H groups in total. The quantitative estimate of drug-likeness (QED) is 0.537. The van der Waals surface area contributed by atoms with Gasteiger partial charge in [0.25, 0.3) is 8.32 Å². The van der Waals surface area contributed by atoms with Crippen molar-refractivity contribution >= 4 is 26.2 Å². The van der Waals surface area contributed by atoms with E-state index in [2.05, 4.69) is 41.5 Å². The average molecular weight is 343 g/mol. The lowest BCUT2D eigenvalue weighted by Crippen LogP contribution is -2.50. The third-order valence-corrected chi connectivity index (χ3v) is 10.7. The number of phenolic OH excluding ortho intramolecular Hbond substituents is 1. The Morgan fingerprint density at radius 3 is 2.05 bits per heavy atom. The molecule has 0 aliphatic carbocycles. The summed E-state index contributed by atoms with van der Waals surface area (Å²) < 4.78 is 6.54. The number of phenols is 1. The zero-order valence-corrected chi connectivity index (χ0v) is 16.1. The van der Waals surface area contributed by atoms with Crippen LogP contribution in [0.25, 0.3) is 0 Å². The standard InChI is InChI=1S/C17H27ClO3Si/c1-11(2)22(12(3)4,13(5)6)21-15-9-14(7-8-19)17(20)16(18)10-15/h8-13,20H,7H2,1-6H3. The second-order valence-electron chi connectivity index (χ2n) is 6.70. The molecular weight excluding hydrogens is 316 g/mol. The summed E-state index contributed by atoms with van der Waals surface area (Å²) in [6, 6.07) is 3.39. The highest BCUT2D eigenvalue weighted by Crippen LogP contribution is 2.44. The molecule has 0 fully saturated rings. The van der Waals surface area contributed by atoms with Gasteiger partial charge in [0, 0.05) is 18.1 Å². The Bertz CT molecular complexity index is 505. The lowest BCUT2D eigenvalue weighted by molar-refractivity contribution is -0.107. The van der Waals surface area contributed by atoms with Gasteiger partial charge in [-0.3, -0.25) is 0 Å². The maximum Gasteiger partial charge on any atom is 0.258 e. The topological polar surface area (TPSA) is 46.5 Å². The molecule has 1 aromatic rings. The monoisotopic (exact) mass is 342 g/mol. The van der Waals surface area contributed by atoms with E-state index in [4.69, 9.17) is 16.0 Å². The minimum Gasteiger partial charge on any atom is -0.543 e. The zero-order chi connectivity index (χ0) is 17.1. The van der Waals surface area contributed by atoms with Gasteiger partial charge in [0.05, 0.1) is 5.02 Å². The van der Waals surface area contributed by atoms with Crippen molar-refractivity contribution in [2.75, 3.05) is 0 Å². The molecule has 1 rings (SSSR count). The molecule has 0 aliphatic rings. The van der Waals surface area contributed by atoms with E-state index in [1.165, 1.54) is 0 Å². The average Bonchev–Trinajstić information content (AvgIpc) is 2.40. The largest absolute Gasteiger partial charge is 0.543 e. The van der Waals surface area contributed by atoms with Gasteiger partial charge in [-0.25, -0.2) is 0 Å². The van der Waals surface area contributed by atoms with Crippen LogP contribution in [0.2, 0.25) is 21.6 Å². The lowest BCUT2D eigenvalue weighted by atomic mass is 10.1. The van der Waals surface area contributed by atoms with Crippen LogP contribution in [0.4, 0.5) is 0 Å². The van der Waals surface area contributed by atoms with E-state index in [1.54, 1.807) is 12.1 Å². The Kier molecular flexibility index (Phi) is 6.50. The van der Waals surface area contributed by atoms with Gasteiger partial charge in [0.15, 0.2) is 0 Å². The van der Waals surface area contributed by atoms with Gasteiger partial charge in [0.1, 0.15) is 17.8 Å². The van der Waals surface area contributed by atoms with Gasteiger partial charge in [-0.15, -0.1) is 0 Å². The van der Waals surface area contributed by atoms with E-state index in [-0.39, 0.29) is 17.2 Å². The molecule has 3 nitrogen and oxygen atoms in total. The molecule has 0 spiro atoms. The van der Waals surface area contributed by atoms with Crippen molar-refractivity contribution in [2.24, 2.45) is 0 Å². The third kappa shape index (κ3) is 3.66. The van der Waals surface area contributed by atoms with Gasteiger partial charge >= 0.3 is 0 Å². The van der Waals surface area contributed by atoms with Crippen LogP contribution in [0.3, 0.4) is 0 Å². The van der Waals surface area contributed by atoms with Crippen molar-refractivity contribution in [1.29, 1.82) is 0 Å². The van der Waals surface area contributed by atoms with E-state index in [1.807, 2.05) is 0 Å². The number of hydrogen-bond donors (Lipinski definition) is 1. The van der Waals surface area contributed by atoms with Crippen molar-refractivity contribution in [3.8, 4) is 11.5 Å². The minimum atomic E-state index is -2.08. The van der Waals surface area contributed by atoms with Crippen LogP contribution in [-0.4, -0.2) is 19.7 Å². The van der Waals surface area contributed by atoms with Crippen LogP contribution in [0.1, 0.15) is 47.1 Å². The second kappa shape index (κ2) is 7.51. The number of carbonyl (C=O) groups excluding carboxylic acids is 1. The molecular formula is C17H27ClO3Si. The molecule has 0 aliphatic heterocycles. The Morgan fingerprint density at radius 2 is 1.64 bits per heavy atom. The first-order chi connectivity index (χ1) is 10.2. The normalized spacial score (nSPS) is 12.3. The van der Waals surface area contributed by atoms with Crippen LogP contribution in [0.15, 0.2) is 12.1 Å². The van der Waals surface area contributed by atoms with Crippen molar-refractivity contribution in [3.05, 3.63) is 22.7 Å². The number of benzene rings is 1.